The molecule has 2 heterocycles. The van der Waals surface area contributed by atoms with E-state index in [1.165, 1.54) is 15.9 Å². The van der Waals surface area contributed by atoms with Crippen molar-refractivity contribution in [3.63, 3.8) is 0 Å². The third-order valence-electron chi connectivity index (χ3n) is 5.69. The van der Waals surface area contributed by atoms with Crippen LogP contribution in [0.25, 0.3) is 6.08 Å². The van der Waals surface area contributed by atoms with Crippen molar-refractivity contribution in [1.82, 2.24) is 4.57 Å². The number of hydrogen-bond acceptors (Lipinski definition) is 8. The molecule has 0 bridgehead atoms. The van der Waals surface area contributed by atoms with Gasteiger partial charge in [0.2, 0.25) is 0 Å². The van der Waals surface area contributed by atoms with E-state index in [0.717, 1.165) is 0 Å². The number of ether oxygens (including phenoxy) is 3. The Hall–Kier alpha value is -3.39. The minimum absolute atomic E-state index is 0.124. The summed E-state index contributed by atoms with van der Waals surface area (Å²) in [6.45, 7) is 7.32. The van der Waals surface area contributed by atoms with Crippen LogP contribution in [-0.2, 0) is 9.53 Å². The van der Waals surface area contributed by atoms with Crippen LogP contribution >= 0.6 is 38.9 Å². The summed E-state index contributed by atoms with van der Waals surface area (Å²) in [6, 6.07) is 11.8. The lowest BCUT2D eigenvalue weighted by molar-refractivity contribution is -0.139. The van der Waals surface area contributed by atoms with Gasteiger partial charge in [0.25, 0.3) is 5.56 Å². The first kappa shape index (κ1) is 28.6. The van der Waals surface area contributed by atoms with Crippen molar-refractivity contribution in [3.05, 3.63) is 88.0 Å². The van der Waals surface area contributed by atoms with Crippen LogP contribution < -0.4 is 24.4 Å². The fraction of sp³-hybridized carbons (Fsp3) is 0.286. The first-order valence-corrected chi connectivity index (χ1v) is 14.1. The minimum atomic E-state index is -0.797. The van der Waals surface area contributed by atoms with Gasteiger partial charge in [0.1, 0.15) is 17.9 Å². The van der Waals surface area contributed by atoms with E-state index in [4.69, 9.17) is 31.1 Å². The van der Waals surface area contributed by atoms with Crippen LogP contribution in [0.2, 0.25) is 5.02 Å². The molecule has 0 unspecified atom stereocenters. The number of nitrogens with zero attached hydrogens (tertiary/aromatic N) is 3. The molecule has 2 aromatic carbocycles. The summed E-state index contributed by atoms with van der Waals surface area (Å²) in [5, 5.41) is 9.10. The Kier molecular flexibility index (Phi) is 8.95. The second kappa shape index (κ2) is 12.2. The quantitative estimate of drug-likeness (QED) is 0.328. The number of esters is 1. The van der Waals surface area contributed by atoms with Crippen LogP contribution in [0.15, 0.2) is 61.9 Å². The van der Waals surface area contributed by atoms with Gasteiger partial charge in [0.15, 0.2) is 17.2 Å². The molecule has 4 rings (SSSR count). The highest BCUT2D eigenvalue weighted by molar-refractivity contribution is 9.10. The first-order valence-electron chi connectivity index (χ1n) is 12.1. The monoisotopic (exact) mass is 629 g/mol. The number of benzene rings is 2. The molecular formula is C28H25BrClN3O5S. The number of nitriles is 1. The van der Waals surface area contributed by atoms with Gasteiger partial charge in [-0.15, -0.1) is 0 Å². The summed E-state index contributed by atoms with van der Waals surface area (Å²) >= 11 is 11.0. The minimum Gasteiger partial charge on any atom is -0.491 e. The smallest absolute Gasteiger partial charge is 0.338 e. The van der Waals surface area contributed by atoms with Crippen LogP contribution in [0.4, 0.5) is 0 Å². The molecule has 8 nitrogen and oxygen atoms in total. The van der Waals surface area contributed by atoms with Gasteiger partial charge >= 0.3 is 5.97 Å². The molecule has 0 N–H and O–H groups in total. The predicted molar refractivity (Wildman–Crippen MR) is 153 cm³/mol. The molecule has 0 aliphatic carbocycles. The number of aromatic nitrogens is 1. The van der Waals surface area contributed by atoms with Crippen LogP contribution in [0.5, 0.6) is 11.5 Å². The maximum absolute atomic E-state index is 13.9. The van der Waals surface area contributed by atoms with Gasteiger partial charge < -0.3 is 14.2 Å². The highest BCUT2D eigenvalue weighted by Crippen LogP contribution is 2.37. The number of halogens is 2. The zero-order valence-electron chi connectivity index (χ0n) is 21.7. The van der Waals surface area contributed by atoms with Gasteiger partial charge in [-0.2, -0.15) is 5.26 Å². The Morgan fingerprint density at radius 2 is 2.08 bits per heavy atom. The molecule has 0 spiro atoms. The second-order valence-electron chi connectivity index (χ2n) is 8.77. The van der Waals surface area contributed by atoms with E-state index in [0.29, 0.717) is 42.1 Å². The highest BCUT2D eigenvalue weighted by atomic mass is 79.9. The molecule has 1 atom stereocenters. The molecule has 3 aromatic rings. The zero-order chi connectivity index (χ0) is 28.3. The molecule has 0 fully saturated rings. The molecule has 11 heteroatoms. The summed E-state index contributed by atoms with van der Waals surface area (Å²) in [4.78, 5) is 32.1. The molecule has 1 aliphatic heterocycles. The molecule has 202 valence electrons. The summed E-state index contributed by atoms with van der Waals surface area (Å²) < 4.78 is 19.3. The van der Waals surface area contributed by atoms with Crippen molar-refractivity contribution >= 4 is 50.9 Å². The van der Waals surface area contributed by atoms with Crippen molar-refractivity contribution in [3.8, 4) is 17.6 Å². The lowest BCUT2D eigenvalue weighted by atomic mass is 9.95. The van der Waals surface area contributed by atoms with E-state index >= 15 is 0 Å². The lowest BCUT2D eigenvalue weighted by Gasteiger charge is -2.26. The summed E-state index contributed by atoms with van der Waals surface area (Å²) in [7, 11) is 0. The number of hydrogen-bond donors (Lipinski definition) is 0. The zero-order valence-corrected chi connectivity index (χ0v) is 24.8. The number of allylic oxidation sites excluding steroid dienone is 1. The lowest BCUT2D eigenvalue weighted by Crippen LogP contribution is -2.40. The van der Waals surface area contributed by atoms with Crippen LogP contribution in [-0.4, -0.2) is 29.9 Å². The maximum Gasteiger partial charge on any atom is 0.338 e. The molecular weight excluding hydrogens is 606 g/mol. The van der Waals surface area contributed by atoms with E-state index in [9.17, 15) is 9.59 Å². The van der Waals surface area contributed by atoms with Crippen LogP contribution in [0.3, 0.4) is 0 Å². The Morgan fingerprint density at radius 1 is 1.33 bits per heavy atom. The number of fused-ring (bicyclic) bond motifs is 1. The molecule has 39 heavy (non-hydrogen) atoms. The van der Waals surface area contributed by atoms with Crippen molar-refractivity contribution in [2.45, 2.75) is 39.8 Å². The average molecular weight is 631 g/mol. The second-order valence-corrected chi connectivity index (χ2v) is 11.0. The van der Waals surface area contributed by atoms with E-state index in [1.807, 2.05) is 44.2 Å². The van der Waals surface area contributed by atoms with Crippen LogP contribution in [0.1, 0.15) is 44.9 Å². The predicted octanol–water partition coefficient (Wildman–Crippen LogP) is 4.90. The Bertz CT molecular complexity index is 1660. The molecule has 1 aromatic heterocycles. The fourth-order valence-electron chi connectivity index (χ4n) is 4.21. The molecule has 0 saturated carbocycles. The van der Waals surface area contributed by atoms with Crippen molar-refractivity contribution in [1.29, 1.82) is 5.26 Å². The summed E-state index contributed by atoms with van der Waals surface area (Å²) in [5.74, 6) is 0.363. The standard InChI is InChI=1S/C28H25BrClN3O5S/c1-5-36-27(35)23-16(4)32-28-33(24(23)18-8-6-7-9-21(18)38-15(2)3)26(34)22(39-28)14-17-12-19(29)25(20(30)13-17)37-11-10-31/h6-9,12-15,24H,5,11H2,1-4H3/b22-14+/t24-/m0/s1. The van der Waals surface area contributed by atoms with Gasteiger partial charge in [-0.05, 0) is 73.5 Å². The van der Waals surface area contributed by atoms with E-state index in [2.05, 4.69) is 20.9 Å². The number of carbonyl (C=O) groups excluding carboxylic acids is 1. The largest absolute Gasteiger partial charge is 0.491 e. The van der Waals surface area contributed by atoms with Crippen molar-refractivity contribution in [2.24, 2.45) is 4.99 Å². The molecule has 0 radical (unpaired) electrons. The number of carbonyl (C=O) groups is 1. The summed E-state index contributed by atoms with van der Waals surface area (Å²) in [5.41, 5.74) is 1.72. The Labute approximate surface area is 242 Å². The van der Waals surface area contributed by atoms with Crippen molar-refractivity contribution in [2.75, 3.05) is 13.2 Å². The first-order chi connectivity index (χ1) is 18.7. The molecule has 0 saturated heterocycles. The van der Waals surface area contributed by atoms with Gasteiger partial charge in [-0.1, -0.05) is 41.1 Å². The van der Waals surface area contributed by atoms with E-state index in [-0.39, 0.29) is 35.5 Å². The number of thiazole rings is 1. The number of rotatable bonds is 8. The summed E-state index contributed by atoms with van der Waals surface area (Å²) in [6.07, 6.45) is 1.58. The normalized spacial score (nSPS) is 15.0. The maximum atomic E-state index is 13.9. The van der Waals surface area contributed by atoms with Gasteiger partial charge in [-0.25, -0.2) is 9.79 Å². The van der Waals surface area contributed by atoms with Crippen molar-refractivity contribution < 1.29 is 19.0 Å². The Balaban J connectivity index is 1.93. The number of para-hydroxylation sites is 1. The van der Waals surface area contributed by atoms with Crippen LogP contribution in [0, 0.1) is 11.3 Å². The topological polar surface area (TPSA) is 103 Å². The van der Waals surface area contributed by atoms with E-state index < -0.39 is 12.0 Å². The third-order valence-corrected chi connectivity index (χ3v) is 7.55. The van der Waals surface area contributed by atoms with Gasteiger partial charge in [0.05, 0.1) is 38.0 Å². The highest BCUT2D eigenvalue weighted by Gasteiger charge is 2.35. The average Bonchev–Trinajstić information content (AvgIpc) is 3.17. The van der Waals surface area contributed by atoms with E-state index in [1.54, 1.807) is 32.1 Å². The van der Waals surface area contributed by atoms with Gasteiger partial charge in [-0.3, -0.25) is 9.36 Å². The molecule has 1 aliphatic rings. The third kappa shape index (κ3) is 5.96. The fourth-order valence-corrected chi connectivity index (χ4v) is 6.25. The van der Waals surface area contributed by atoms with Gasteiger partial charge in [0, 0.05) is 5.56 Å². The Morgan fingerprint density at radius 3 is 2.74 bits per heavy atom. The SMILES string of the molecule is CCOC(=O)C1=C(C)N=c2s/c(=C/c3cc(Cl)c(OCC#N)c(Br)c3)c(=O)n2[C@H]1c1ccccc1OC(C)C. The molecule has 0 amide bonds.